The van der Waals surface area contributed by atoms with Gasteiger partial charge in [0.2, 0.25) is 0 Å². The topological polar surface area (TPSA) is 31.4 Å². The van der Waals surface area contributed by atoms with E-state index in [4.69, 9.17) is 9.47 Å². The highest BCUT2D eigenvalue weighted by Crippen LogP contribution is 2.32. The van der Waals surface area contributed by atoms with Gasteiger partial charge in [-0.1, -0.05) is 65.3 Å². The molecule has 5 rings (SSSR count). The summed E-state index contributed by atoms with van der Waals surface area (Å²) >= 11 is 3.58. The second-order valence-corrected chi connectivity index (χ2v) is 12.8. The monoisotopic (exact) mass is 666 g/mol. The maximum Gasteiger partial charge on any atom is 0.119 e. The zero-order valence-corrected chi connectivity index (χ0v) is 29.5. The molecule has 0 N–H and O–H groups in total. The Kier molecular flexibility index (Phi) is 16.3. The van der Waals surface area contributed by atoms with Gasteiger partial charge in [0.25, 0.3) is 0 Å². The van der Waals surface area contributed by atoms with Gasteiger partial charge in [0.1, 0.15) is 5.75 Å². The lowest BCUT2D eigenvalue weighted by molar-refractivity contribution is 0.0289. The molecule has 44 heavy (non-hydrogen) atoms. The van der Waals surface area contributed by atoms with Crippen LogP contribution in [0.2, 0.25) is 0 Å². The molecular formula is C37H55BrN4O2. The Morgan fingerprint density at radius 2 is 1.55 bits per heavy atom. The molecule has 0 aliphatic carbocycles. The Bertz CT molecular complexity index is 1140. The van der Waals surface area contributed by atoms with Crippen LogP contribution >= 0.6 is 15.9 Å². The van der Waals surface area contributed by atoms with Crippen molar-refractivity contribution in [3.8, 4) is 5.75 Å². The van der Waals surface area contributed by atoms with Gasteiger partial charge in [0.15, 0.2) is 0 Å². The lowest BCUT2D eigenvalue weighted by Gasteiger charge is -2.37. The number of piperazine rings is 1. The summed E-state index contributed by atoms with van der Waals surface area (Å²) in [5.41, 5.74) is 4.09. The van der Waals surface area contributed by atoms with Crippen LogP contribution in [0.25, 0.3) is 0 Å². The fourth-order valence-electron chi connectivity index (χ4n) is 5.20. The van der Waals surface area contributed by atoms with E-state index in [0.717, 1.165) is 68.9 Å². The van der Waals surface area contributed by atoms with Gasteiger partial charge in [0, 0.05) is 62.0 Å². The van der Waals surface area contributed by atoms with Gasteiger partial charge in [-0.25, -0.2) is 0 Å². The first-order chi connectivity index (χ1) is 21.3. The number of halogens is 1. The summed E-state index contributed by atoms with van der Waals surface area (Å²) in [5.74, 6) is 0.914. The zero-order valence-electron chi connectivity index (χ0n) is 27.9. The predicted octanol–water partition coefficient (Wildman–Crippen LogP) is 7.25. The molecule has 242 valence electrons. The van der Waals surface area contributed by atoms with Crippen molar-refractivity contribution in [1.82, 2.24) is 14.7 Å². The number of ether oxygens (including phenoxy) is 2. The standard InChI is InChI=1S/C22H27BrN2O2.C9H22N2.C6H6/c1-26-20-5-3-19(4-6-20)25-13-11-24(12-14-25)10-8-22-21-7-2-18(23)16-17(21)9-15-27-22;1-6-10(4)7-8-11(5)9(2)3;1-2-4-6-5-3-1/h2-7,16,22H,8-15H2,1H3;9H,6-8H2,1-5H3;1-6H. The predicted molar refractivity (Wildman–Crippen MR) is 190 cm³/mol. The van der Waals surface area contributed by atoms with Crippen LogP contribution in [-0.4, -0.2) is 101 Å². The van der Waals surface area contributed by atoms with Crippen LogP contribution in [0, 0.1) is 0 Å². The Balaban J connectivity index is 0.000000256. The fourth-order valence-corrected chi connectivity index (χ4v) is 5.61. The van der Waals surface area contributed by atoms with Crippen molar-refractivity contribution in [1.29, 1.82) is 0 Å². The molecule has 0 saturated carbocycles. The number of methoxy groups -OCH3 is 1. The number of nitrogens with zero attached hydrogens (tertiary/aromatic N) is 4. The molecular weight excluding hydrogens is 612 g/mol. The molecule has 3 aromatic rings. The quantitative estimate of drug-likeness (QED) is 0.227. The van der Waals surface area contributed by atoms with E-state index in [1.165, 1.54) is 29.9 Å². The molecule has 2 heterocycles. The molecule has 3 aromatic carbocycles. The number of fused-ring (bicyclic) bond motifs is 1. The number of benzene rings is 3. The molecule has 6 nitrogen and oxygen atoms in total. The SMILES string of the molecule is CCN(C)CCN(C)C(C)C.COc1ccc(N2CCN(CCC3OCCc4cc(Br)ccc43)CC2)cc1.c1ccccc1. The Hall–Kier alpha value is -2.42. The molecule has 2 aliphatic rings. The van der Waals surface area contributed by atoms with E-state index < -0.39 is 0 Å². The van der Waals surface area contributed by atoms with Crippen molar-refractivity contribution >= 4 is 21.6 Å². The number of hydrogen-bond donors (Lipinski definition) is 0. The van der Waals surface area contributed by atoms with E-state index in [1.807, 2.05) is 48.5 Å². The van der Waals surface area contributed by atoms with E-state index in [1.54, 1.807) is 7.11 Å². The van der Waals surface area contributed by atoms with Gasteiger partial charge in [-0.05, 0) is 94.9 Å². The van der Waals surface area contributed by atoms with E-state index in [9.17, 15) is 0 Å². The van der Waals surface area contributed by atoms with Crippen molar-refractivity contribution < 1.29 is 9.47 Å². The van der Waals surface area contributed by atoms with Gasteiger partial charge in [0.05, 0.1) is 19.8 Å². The van der Waals surface area contributed by atoms with Crippen LogP contribution in [0.3, 0.4) is 0 Å². The van der Waals surface area contributed by atoms with Crippen LogP contribution in [0.5, 0.6) is 5.75 Å². The van der Waals surface area contributed by atoms with Crippen molar-refractivity contribution in [3.05, 3.63) is 94.5 Å². The summed E-state index contributed by atoms with van der Waals surface area (Å²) in [7, 11) is 6.05. The number of hydrogen-bond acceptors (Lipinski definition) is 6. The van der Waals surface area contributed by atoms with E-state index >= 15 is 0 Å². The number of rotatable bonds is 10. The molecule has 1 atom stereocenters. The van der Waals surface area contributed by atoms with Crippen molar-refractivity contribution in [3.63, 3.8) is 0 Å². The Labute approximate surface area is 276 Å². The molecule has 7 heteroatoms. The summed E-state index contributed by atoms with van der Waals surface area (Å²) in [6, 6.07) is 27.7. The second kappa shape index (κ2) is 19.9. The third-order valence-electron chi connectivity index (χ3n) is 8.58. The highest BCUT2D eigenvalue weighted by Gasteiger charge is 2.23. The van der Waals surface area contributed by atoms with E-state index in [-0.39, 0.29) is 6.10 Å². The summed E-state index contributed by atoms with van der Waals surface area (Å²) in [6.45, 7) is 16.4. The largest absolute Gasteiger partial charge is 0.497 e. The van der Waals surface area contributed by atoms with Gasteiger partial charge in [-0.15, -0.1) is 0 Å². The minimum absolute atomic E-state index is 0.237. The first kappa shape index (κ1) is 36.1. The molecule has 1 unspecified atom stereocenters. The normalized spacial score (nSPS) is 16.6. The van der Waals surface area contributed by atoms with Crippen LogP contribution in [-0.2, 0) is 11.2 Å². The molecule has 0 amide bonds. The smallest absolute Gasteiger partial charge is 0.119 e. The molecule has 0 radical (unpaired) electrons. The highest BCUT2D eigenvalue weighted by atomic mass is 79.9. The maximum absolute atomic E-state index is 6.08. The van der Waals surface area contributed by atoms with Crippen LogP contribution in [0.1, 0.15) is 44.4 Å². The van der Waals surface area contributed by atoms with Crippen molar-refractivity contribution in [2.45, 2.75) is 45.8 Å². The summed E-state index contributed by atoms with van der Waals surface area (Å²) in [4.78, 5) is 9.72. The molecule has 1 saturated heterocycles. The number of likely N-dealkylation sites (N-methyl/N-ethyl adjacent to an activating group) is 2. The Morgan fingerprint density at radius 3 is 2.11 bits per heavy atom. The van der Waals surface area contributed by atoms with Gasteiger partial charge < -0.3 is 24.2 Å². The van der Waals surface area contributed by atoms with E-state index in [2.05, 4.69) is 101 Å². The van der Waals surface area contributed by atoms with Gasteiger partial charge in [-0.3, -0.25) is 4.90 Å². The third kappa shape index (κ3) is 12.5. The Morgan fingerprint density at radius 1 is 0.909 bits per heavy atom. The van der Waals surface area contributed by atoms with Gasteiger partial charge in [-0.2, -0.15) is 0 Å². The van der Waals surface area contributed by atoms with Crippen LogP contribution in [0.15, 0.2) is 83.3 Å². The lowest BCUT2D eigenvalue weighted by atomic mass is 9.95. The van der Waals surface area contributed by atoms with Gasteiger partial charge >= 0.3 is 0 Å². The fraction of sp³-hybridized carbons (Fsp3) is 0.514. The zero-order chi connectivity index (χ0) is 31.7. The maximum atomic E-state index is 6.08. The molecule has 1 fully saturated rings. The first-order valence-corrected chi connectivity index (χ1v) is 17.0. The summed E-state index contributed by atoms with van der Waals surface area (Å²) in [6.07, 6.45) is 2.32. The average Bonchev–Trinajstić information content (AvgIpc) is 3.07. The van der Waals surface area contributed by atoms with Crippen molar-refractivity contribution in [2.24, 2.45) is 0 Å². The van der Waals surface area contributed by atoms with Crippen LogP contribution < -0.4 is 9.64 Å². The van der Waals surface area contributed by atoms with Crippen molar-refractivity contribution in [2.75, 3.05) is 85.1 Å². The summed E-state index contributed by atoms with van der Waals surface area (Å²) in [5, 5.41) is 0. The highest BCUT2D eigenvalue weighted by molar-refractivity contribution is 9.10. The minimum Gasteiger partial charge on any atom is -0.497 e. The molecule has 0 spiro atoms. The first-order valence-electron chi connectivity index (χ1n) is 16.2. The molecule has 2 aliphatic heterocycles. The van der Waals surface area contributed by atoms with Crippen LogP contribution in [0.4, 0.5) is 5.69 Å². The molecule has 0 bridgehead atoms. The minimum atomic E-state index is 0.237. The molecule has 0 aromatic heterocycles. The second-order valence-electron chi connectivity index (χ2n) is 11.9. The summed E-state index contributed by atoms with van der Waals surface area (Å²) < 4.78 is 12.5. The average molecular weight is 668 g/mol. The third-order valence-corrected chi connectivity index (χ3v) is 9.08. The van der Waals surface area contributed by atoms with E-state index in [0.29, 0.717) is 6.04 Å². The lowest BCUT2D eigenvalue weighted by Crippen LogP contribution is -2.46. The number of anilines is 1.